The van der Waals surface area contributed by atoms with Crippen LogP contribution in [0.25, 0.3) is 0 Å². The fourth-order valence-corrected chi connectivity index (χ4v) is 3.06. The standard InChI is InChI=1S/C23H17F5N4O/c24-17-8-9-18(20(26)11-17)22(33,13-32(30)14-29)23(27,28)21-10-6-15(12-31-21)5-7-16-3-1-2-4-19(16)25/h1-4,6,8-12,14,29,33H,13,30H2. The molecule has 0 aliphatic carbocycles. The van der Waals surface area contributed by atoms with Crippen molar-refractivity contribution in [1.82, 2.24) is 9.99 Å². The quantitative estimate of drug-likeness (QED) is 0.131. The third kappa shape index (κ3) is 4.84. The minimum Gasteiger partial charge on any atom is -0.377 e. The fraction of sp³-hybridized carbons (Fsp3) is 0.130. The van der Waals surface area contributed by atoms with E-state index < -0.39 is 46.8 Å². The summed E-state index contributed by atoms with van der Waals surface area (Å²) < 4.78 is 72.3. The summed E-state index contributed by atoms with van der Waals surface area (Å²) in [6.07, 6.45) is 1.44. The van der Waals surface area contributed by atoms with Gasteiger partial charge in [-0.15, -0.1) is 0 Å². The smallest absolute Gasteiger partial charge is 0.323 e. The molecule has 0 saturated carbocycles. The van der Waals surface area contributed by atoms with Crippen LogP contribution < -0.4 is 5.84 Å². The van der Waals surface area contributed by atoms with Gasteiger partial charge in [0.15, 0.2) is 5.60 Å². The van der Waals surface area contributed by atoms with E-state index in [1.165, 1.54) is 24.3 Å². The zero-order chi connectivity index (χ0) is 24.2. The number of hydrogen-bond donors (Lipinski definition) is 3. The van der Waals surface area contributed by atoms with Crippen molar-refractivity contribution in [3.8, 4) is 11.8 Å². The Bertz CT molecular complexity index is 1220. The lowest BCUT2D eigenvalue weighted by molar-refractivity contribution is -0.203. The molecule has 2 aromatic carbocycles. The molecule has 0 saturated heterocycles. The van der Waals surface area contributed by atoms with Crippen LogP contribution in [0.2, 0.25) is 0 Å². The molecule has 0 amide bonds. The van der Waals surface area contributed by atoms with Crippen LogP contribution in [0.5, 0.6) is 0 Å². The van der Waals surface area contributed by atoms with Gasteiger partial charge in [0, 0.05) is 23.4 Å². The number of halogens is 5. The van der Waals surface area contributed by atoms with E-state index in [0.717, 1.165) is 12.3 Å². The second-order valence-electron chi connectivity index (χ2n) is 7.02. The van der Waals surface area contributed by atoms with Crippen molar-refractivity contribution in [1.29, 1.82) is 5.41 Å². The van der Waals surface area contributed by atoms with E-state index in [9.17, 15) is 18.3 Å². The Morgan fingerprint density at radius 3 is 2.36 bits per heavy atom. The maximum absolute atomic E-state index is 15.5. The molecule has 10 heteroatoms. The van der Waals surface area contributed by atoms with Crippen LogP contribution in [0.15, 0.2) is 60.8 Å². The molecule has 33 heavy (non-hydrogen) atoms. The van der Waals surface area contributed by atoms with Gasteiger partial charge in [0.1, 0.15) is 23.1 Å². The predicted octanol–water partition coefficient (Wildman–Crippen LogP) is 3.66. The summed E-state index contributed by atoms with van der Waals surface area (Å²) in [6.45, 7) is -1.11. The summed E-state index contributed by atoms with van der Waals surface area (Å²) >= 11 is 0. The number of aliphatic hydroxyl groups is 1. The van der Waals surface area contributed by atoms with Gasteiger partial charge in [-0.1, -0.05) is 24.0 Å². The van der Waals surface area contributed by atoms with Gasteiger partial charge in [-0.25, -0.2) is 19.0 Å². The highest BCUT2D eigenvalue weighted by molar-refractivity contribution is 5.50. The summed E-state index contributed by atoms with van der Waals surface area (Å²) in [4.78, 5) is 3.64. The number of pyridine rings is 1. The zero-order valence-electron chi connectivity index (χ0n) is 16.9. The number of benzene rings is 2. The Balaban J connectivity index is 2.01. The van der Waals surface area contributed by atoms with E-state index in [2.05, 4.69) is 16.8 Å². The molecular weight excluding hydrogens is 443 g/mol. The van der Waals surface area contributed by atoms with E-state index >= 15 is 8.78 Å². The molecule has 1 unspecified atom stereocenters. The highest BCUT2D eigenvalue weighted by Gasteiger charge is 2.58. The molecule has 3 aromatic rings. The van der Waals surface area contributed by atoms with Crippen LogP contribution >= 0.6 is 0 Å². The molecule has 0 aliphatic rings. The number of aromatic nitrogens is 1. The molecule has 0 fully saturated rings. The summed E-state index contributed by atoms with van der Waals surface area (Å²) in [6, 6.07) is 9.49. The molecule has 1 aromatic heterocycles. The number of rotatable bonds is 6. The Morgan fingerprint density at radius 1 is 1.03 bits per heavy atom. The minimum absolute atomic E-state index is 0.0998. The molecule has 1 atom stereocenters. The third-order valence-corrected chi connectivity index (χ3v) is 4.77. The summed E-state index contributed by atoms with van der Waals surface area (Å²) in [5, 5.41) is 18.5. The topological polar surface area (TPSA) is 86.2 Å². The lowest BCUT2D eigenvalue weighted by Gasteiger charge is -2.37. The highest BCUT2D eigenvalue weighted by Crippen LogP contribution is 2.45. The van der Waals surface area contributed by atoms with Crippen LogP contribution in [0.3, 0.4) is 0 Å². The lowest BCUT2D eigenvalue weighted by Crippen LogP contribution is -2.53. The van der Waals surface area contributed by atoms with Crippen LogP contribution in [0.4, 0.5) is 22.0 Å². The first-order valence-corrected chi connectivity index (χ1v) is 9.39. The van der Waals surface area contributed by atoms with Crippen molar-refractivity contribution in [2.75, 3.05) is 6.54 Å². The minimum atomic E-state index is -4.23. The Hall–Kier alpha value is -3.81. The van der Waals surface area contributed by atoms with E-state index in [4.69, 9.17) is 11.3 Å². The molecule has 0 aliphatic heterocycles. The molecule has 5 nitrogen and oxygen atoms in total. The number of nitrogens with one attached hydrogen (secondary N) is 1. The third-order valence-electron chi connectivity index (χ3n) is 4.77. The van der Waals surface area contributed by atoms with Crippen LogP contribution in [0, 0.1) is 34.7 Å². The molecule has 3 rings (SSSR count). The normalized spacial score (nSPS) is 12.9. The van der Waals surface area contributed by atoms with E-state index in [0.29, 0.717) is 29.5 Å². The molecule has 0 spiro atoms. The Labute approximate surface area is 185 Å². The van der Waals surface area contributed by atoms with Crippen molar-refractivity contribution in [2.24, 2.45) is 5.84 Å². The van der Waals surface area contributed by atoms with Crippen LogP contribution in [-0.4, -0.2) is 28.0 Å². The molecule has 170 valence electrons. The van der Waals surface area contributed by atoms with E-state index in [1.54, 1.807) is 6.07 Å². The molecular formula is C23H17F5N4O. The Morgan fingerprint density at radius 2 is 1.76 bits per heavy atom. The summed E-state index contributed by atoms with van der Waals surface area (Å²) in [5.41, 5.74) is -4.93. The molecule has 1 heterocycles. The van der Waals surface area contributed by atoms with Crippen molar-refractivity contribution < 1.29 is 27.1 Å². The highest BCUT2D eigenvalue weighted by atomic mass is 19.3. The van der Waals surface area contributed by atoms with Gasteiger partial charge >= 0.3 is 5.92 Å². The SMILES string of the molecule is N=CN(N)CC(O)(c1ccc(F)cc1F)C(F)(F)c1ccc(C#Cc2ccccc2F)cn1. The first-order chi connectivity index (χ1) is 15.6. The van der Waals surface area contributed by atoms with Crippen molar-refractivity contribution in [3.05, 3.63) is 101 Å². The first kappa shape index (κ1) is 23.8. The van der Waals surface area contributed by atoms with Gasteiger partial charge in [-0.3, -0.25) is 15.4 Å². The van der Waals surface area contributed by atoms with Crippen molar-refractivity contribution >= 4 is 6.34 Å². The van der Waals surface area contributed by atoms with Gasteiger partial charge in [0.05, 0.1) is 18.4 Å². The molecule has 0 radical (unpaired) electrons. The number of hydrazine groups is 1. The lowest BCUT2D eigenvalue weighted by atomic mass is 9.84. The maximum Gasteiger partial charge on any atom is 0.323 e. The van der Waals surface area contributed by atoms with Crippen LogP contribution in [-0.2, 0) is 11.5 Å². The van der Waals surface area contributed by atoms with Crippen molar-refractivity contribution in [2.45, 2.75) is 11.5 Å². The number of hydrogen-bond acceptors (Lipinski definition) is 4. The zero-order valence-corrected chi connectivity index (χ0v) is 16.9. The van der Waals surface area contributed by atoms with Gasteiger partial charge in [-0.2, -0.15) is 8.78 Å². The van der Waals surface area contributed by atoms with Gasteiger partial charge in [0.25, 0.3) is 0 Å². The van der Waals surface area contributed by atoms with Gasteiger partial charge in [-0.05, 0) is 36.4 Å². The Kier molecular flexibility index (Phi) is 6.76. The predicted molar refractivity (Wildman–Crippen MR) is 110 cm³/mol. The fourth-order valence-electron chi connectivity index (χ4n) is 3.06. The summed E-state index contributed by atoms with van der Waals surface area (Å²) in [7, 11) is 0. The van der Waals surface area contributed by atoms with Crippen LogP contribution in [0.1, 0.15) is 22.4 Å². The largest absolute Gasteiger partial charge is 0.377 e. The molecule has 0 bridgehead atoms. The van der Waals surface area contributed by atoms with Gasteiger partial charge in [0.2, 0.25) is 0 Å². The van der Waals surface area contributed by atoms with Gasteiger partial charge < -0.3 is 5.11 Å². The first-order valence-electron chi connectivity index (χ1n) is 9.39. The van der Waals surface area contributed by atoms with E-state index in [1.807, 2.05) is 0 Å². The number of alkyl halides is 2. The average molecular weight is 460 g/mol. The molecule has 4 N–H and O–H groups in total. The second kappa shape index (κ2) is 9.36. The maximum atomic E-state index is 15.5. The number of nitrogens with two attached hydrogens (primary N) is 1. The summed E-state index contributed by atoms with van der Waals surface area (Å²) in [5.74, 6) is 3.31. The average Bonchev–Trinajstić information content (AvgIpc) is 2.78. The van der Waals surface area contributed by atoms with Crippen molar-refractivity contribution in [3.63, 3.8) is 0 Å². The second-order valence-corrected chi connectivity index (χ2v) is 7.02. The van der Waals surface area contributed by atoms with E-state index in [-0.39, 0.29) is 11.1 Å². The monoisotopic (exact) mass is 460 g/mol. The number of nitrogens with zero attached hydrogens (tertiary/aromatic N) is 2.